The number of ether oxygens (including phenoxy) is 1. The smallest absolute Gasteiger partial charge is 0.123 e. The lowest BCUT2D eigenvalue weighted by Crippen LogP contribution is -2.35. The van der Waals surface area contributed by atoms with Gasteiger partial charge < -0.3 is 15.6 Å². The lowest BCUT2D eigenvalue weighted by molar-refractivity contribution is 0.0430. The quantitative estimate of drug-likeness (QED) is 0.883. The summed E-state index contributed by atoms with van der Waals surface area (Å²) in [6, 6.07) is 8.21. The SMILES string of the molecule is COc1ccccc1C(CN)N1CCCC(C)(O)CC1. The first kappa shape index (κ1) is 15.3. The minimum Gasteiger partial charge on any atom is -0.496 e. The van der Waals surface area contributed by atoms with Crippen molar-refractivity contribution in [1.29, 1.82) is 0 Å². The molecule has 1 aromatic rings. The molecule has 2 atom stereocenters. The molecule has 0 amide bonds. The van der Waals surface area contributed by atoms with Crippen LogP contribution in [0, 0.1) is 0 Å². The first-order chi connectivity index (χ1) is 9.57. The molecule has 3 N–H and O–H groups in total. The summed E-state index contributed by atoms with van der Waals surface area (Å²) >= 11 is 0. The first-order valence-corrected chi connectivity index (χ1v) is 7.37. The molecule has 0 aromatic heterocycles. The number of hydrogen-bond donors (Lipinski definition) is 2. The van der Waals surface area contributed by atoms with Gasteiger partial charge in [-0.3, -0.25) is 4.90 Å². The van der Waals surface area contributed by atoms with E-state index in [4.69, 9.17) is 10.5 Å². The number of para-hydroxylation sites is 1. The van der Waals surface area contributed by atoms with Gasteiger partial charge in [0, 0.05) is 18.7 Å². The molecule has 2 rings (SSSR count). The van der Waals surface area contributed by atoms with Gasteiger partial charge in [0.15, 0.2) is 0 Å². The monoisotopic (exact) mass is 278 g/mol. The van der Waals surface area contributed by atoms with Crippen LogP contribution < -0.4 is 10.5 Å². The number of nitrogens with zero attached hydrogens (tertiary/aromatic N) is 1. The summed E-state index contributed by atoms with van der Waals surface area (Å²) in [6.45, 7) is 4.32. The Hall–Kier alpha value is -1.10. The van der Waals surface area contributed by atoms with Gasteiger partial charge in [-0.15, -0.1) is 0 Å². The second kappa shape index (κ2) is 6.57. The maximum absolute atomic E-state index is 10.2. The molecule has 4 heteroatoms. The van der Waals surface area contributed by atoms with Crippen LogP contribution in [0.5, 0.6) is 5.75 Å². The number of benzene rings is 1. The van der Waals surface area contributed by atoms with Crippen LogP contribution in [-0.4, -0.2) is 42.4 Å². The first-order valence-electron chi connectivity index (χ1n) is 7.37. The molecular weight excluding hydrogens is 252 g/mol. The van der Waals surface area contributed by atoms with E-state index in [-0.39, 0.29) is 6.04 Å². The van der Waals surface area contributed by atoms with E-state index in [1.165, 1.54) is 0 Å². The van der Waals surface area contributed by atoms with E-state index in [9.17, 15) is 5.11 Å². The molecular formula is C16H26N2O2. The van der Waals surface area contributed by atoms with Gasteiger partial charge in [0.25, 0.3) is 0 Å². The number of methoxy groups -OCH3 is 1. The molecule has 4 nitrogen and oxygen atoms in total. The van der Waals surface area contributed by atoms with Crippen LogP contribution in [0.2, 0.25) is 0 Å². The van der Waals surface area contributed by atoms with E-state index < -0.39 is 5.60 Å². The van der Waals surface area contributed by atoms with E-state index in [0.29, 0.717) is 6.54 Å². The van der Waals surface area contributed by atoms with Crippen molar-refractivity contribution < 1.29 is 9.84 Å². The van der Waals surface area contributed by atoms with Crippen molar-refractivity contribution in [2.45, 2.75) is 37.8 Å². The molecule has 1 saturated heterocycles. The minimum absolute atomic E-state index is 0.153. The Labute approximate surface area is 121 Å². The van der Waals surface area contributed by atoms with Crippen LogP contribution in [0.3, 0.4) is 0 Å². The number of aliphatic hydroxyl groups is 1. The third-order valence-electron chi connectivity index (χ3n) is 4.26. The molecule has 1 heterocycles. The molecule has 0 aliphatic carbocycles. The Morgan fingerprint density at radius 2 is 2.10 bits per heavy atom. The maximum Gasteiger partial charge on any atom is 0.123 e. The van der Waals surface area contributed by atoms with E-state index in [0.717, 1.165) is 43.7 Å². The highest BCUT2D eigenvalue weighted by molar-refractivity contribution is 5.36. The highest BCUT2D eigenvalue weighted by atomic mass is 16.5. The van der Waals surface area contributed by atoms with Gasteiger partial charge in [-0.05, 0) is 38.8 Å². The summed E-state index contributed by atoms with van der Waals surface area (Å²) in [5.74, 6) is 0.888. The van der Waals surface area contributed by atoms with E-state index >= 15 is 0 Å². The van der Waals surface area contributed by atoms with Gasteiger partial charge in [0.2, 0.25) is 0 Å². The Morgan fingerprint density at radius 3 is 2.80 bits per heavy atom. The molecule has 112 valence electrons. The van der Waals surface area contributed by atoms with Crippen LogP contribution in [0.1, 0.15) is 37.8 Å². The number of likely N-dealkylation sites (tertiary alicyclic amines) is 1. The summed E-state index contributed by atoms with van der Waals surface area (Å²) in [5.41, 5.74) is 6.61. The average Bonchev–Trinajstić information content (AvgIpc) is 2.62. The zero-order chi connectivity index (χ0) is 14.6. The highest BCUT2D eigenvalue weighted by Gasteiger charge is 2.29. The molecule has 1 aliphatic rings. The predicted octanol–water partition coefficient (Wildman–Crippen LogP) is 1.93. The van der Waals surface area contributed by atoms with Crippen LogP contribution in [0.4, 0.5) is 0 Å². The van der Waals surface area contributed by atoms with Gasteiger partial charge in [0.05, 0.1) is 18.8 Å². The van der Waals surface area contributed by atoms with Crippen molar-refractivity contribution in [3.05, 3.63) is 29.8 Å². The molecule has 1 aliphatic heterocycles. The zero-order valence-electron chi connectivity index (χ0n) is 12.5. The van der Waals surface area contributed by atoms with Crippen LogP contribution in [0.25, 0.3) is 0 Å². The molecule has 0 radical (unpaired) electrons. The Balaban J connectivity index is 2.19. The van der Waals surface area contributed by atoms with Crippen molar-refractivity contribution >= 4 is 0 Å². The van der Waals surface area contributed by atoms with Crippen molar-refractivity contribution in [3.8, 4) is 5.75 Å². The lowest BCUT2D eigenvalue weighted by Gasteiger charge is -2.31. The topological polar surface area (TPSA) is 58.7 Å². The lowest BCUT2D eigenvalue weighted by atomic mass is 9.98. The van der Waals surface area contributed by atoms with Crippen molar-refractivity contribution in [3.63, 3.8) is 0 Å². The summed E-state index contributed by atoms with van der Waals surface area (Å²) < 4.78 is 5.46. The number of rotatable bonds is 4. The normalized spacial score (nSPS) is 26.0. The Morgan fingerprint density at radius 1 is 1.35 bits per heavy atom. The molecule has 1 aromatic carbocycles. The van der Waals surface area contributed by atoms with E-state index in [1.54, 1.807) is 7.11 Å². The van der Waals surface area contributed by atoms with Crippen LogP contribution >= 0.6 is 0 Å². The fourth-order valence-corrected chi connectivity index (χ4v) is 3.01. The summed E-state index contributed by atoms with van der Waals surface area (Å²) in [4.78, 5) is 2.37. The second-order valence-electron chi connectivity index (χ2n) is 5.88. The molecule has 0 spiro atoms. The van der Waals surface area contributed by atoms with Crippen molar-refractivity contribution in [1.82, 2.24) is 4.90 Å². The summed E-state index contributed by atoms with van der Waals surface area (Å²) in [5, 5.41) is 10.2. The van der Waals surface area contributed by atoms with Crippen LogP contribution in [0.15, 0.2) is 24.3 Å². The fourth-order valence-electron chi connectivity index (χ4n) is 3.01. The van der Waals surface area contributed by atoms with Crippen LogP contribution in [-0.2, 0) is 0 Å². The third kappa shape index (κ3) is 3.51. The Kier molecular flexibility index (Phi) is 5.02. The largest absolute Gasteiger partial charge is 0.496 e. The average molecular weight is 278 g/mol. The van der Waals surface area contributed by atoms with Gasteiger partial charge >= 0.3 is 0 Å². The van der Waals surface area contributed by atoms with E-state index in [2.05, 4.69) is 11.0 Å². The van der Waals surface area contributed by atoms with Crippen molar-refractivity contribution in [2.24, 2.45) is 5.73 Å². The molecule has 0 saturated carbocycles. The standard InChI is InChI=1S/C16H26N2O2/c1-16(19)8-5-10-18(11-9-16)14(12-17)13-6-3-4-7-15(13)20-2/h3-4,6-7,14,19H,5,8-12,17H2,1-2H3. The van der Waals surface area contributed by atoms with Gasteiger partial charge in [-0.1, -0.05) is 18.2 Å². The molecule has 0 bridgehead atoms. The Bertz CT molecular complexity index is 434. The van der Waals surface area contributed by atoms with Crippen molar-refractivity contribution in [2.75, 3.05) is 26.7 Å². The second-order valence-corrected chi connectivity index (χ2v) is 5.88. The third-order valence-corrected chi connectivity index (χ3v) is 4.26. The van der Waals surface area contributed by atoms with Gasteiger partial charge in [0.1, 0.15) is 5.75 Å². The van der Waals surface area contributed by atoms with Gasteiger partial charge in [-0.25, -0.2) is 0 Å². The summed E-state index contributed by atoms with van der Waals surface area (Å²) in [7, 11) is 1.69. The predicted molar refractivity (Wildman–Crippen MR) is 80.8 cm³/mol. The fraction of sp³-hybridized carbons (Fsp3) is 0.625. The molecule has 2 unspecified atom stereocenters. The minimum atomic E-state index is -0.547. The van der Waals surface area contributed by atoms with Gasteiger partial charge in [-0.2, -0.15) is 0 Å². The maximum atomic E-state index is 10.2. The zero-order valence-corrected chi connectivity index (χ0v) is 12.5. The number of hydrogen-bond acceptors (Lipinski definition) is 4. The number of nitrogens with two attached hydrogens (primary N) is 1. The molecule has 1 fully saturated rings. The molecule has 20 heavy (non-hydrogen) atoms. The summed E-state index contributed by atoms with van der Waals surface area (Å²) in [6.07, 6.45) is 2.64. The highest BCUT2D eigenvalue weighted by Crippen LogP contribution is 2.31. The van der Waals surface area contributed by atoms with E-state index in [1.807, 2.05) is 25.1 Å².